The van der Waals surface area contributed by atoms with Crippen molar-refractivity contribution in [2.75, 3.05) is 19.6 Å². The van der Waals surface area contributed by atoms with Crippen molar-refractivity contribution >= 4 is 30.3 Å². The summed E-state index contributed by atoms with van der Waals surface area (Å²) in [4.78, 5) is 35.8. The fraction of sp³-hybridized carbons (Fsp3) is 0.786. The Morgan fingerprint density at radius 3 is 2.55 bits per heavy atom. The van der Waals surface area contributed by atoms with Crippen LogP contribution in [0.3, 0.4) is 0 Å². The summed E-state index contributed by atoms with van der Waals surface area (Å²) >= 11 is 0. The van der Waals surface area contributed by atoms with E-state index in [9.17, 15) is 14.4 Å². The number of nitrogens with one attached hydrogen (secondary N) is 2. The van der Waals surface area contributed by atoms with Crippen molar-refractivity contribution in [2.24, 2.45) is 11.7 Å². The van der Waals surface area contributed by atoms with Crippen molar-refractivity contribution in [1.82, 2.24) is 15.5 Å². The van der Waals surface area contributed by atoms with Crippen LogP contribution in [0.5, 0.6) is 0 Å². The SMILES string of the molecule is CC(C)CC(C)(CN)NC(=O)CCCN1C(=O)CNC1=O.Cl. The first kappa shape index (κ1) is 20.7. The van der Waals surface area contributed by atoms with Gasteiger partial charge < -0.3 is 16.4 Å². The minimum atomic E-state index is -0.411. The molecule has 0 aromatic carbocycles. The molecule has 1 unspecified atom stereocenters. The lowest BCUT2D eigenvalue weighted by atomic mass is 9.90. The van der Waals surface area contributed by atoms with Gasteiger partial charge in [-0.15, -0.1) is 12.4 Å². The summed E-state index contributed by atoms with van der Waals surface area (Å²) < 4.78 is 0. The van der Waals surface area contributed by atoms with E-state index in [0.717, 1.165) is 11.3 Å². The first-order valence-corrected chi connectivity index (χ1v) is 7.36. The average molecular weight is 335 g/mol. The van der Waals surface area contributed by atoms with E-state index in [4.69, 9.17) is 5.73 Å². The molecule has 8 heteroatoms. The van der Waals surface area contributed by atoms with Crippen LogP contribution in [0.1, 0.15) is 40.0 Å². The third-order valence-corrected chi connectivity index (χ3v) is 3.47. The minimum absolute atomic E-state index is 0. The average Bonchev–Trinajstić information content (AvgIpc) is 2.69. The van der Waals surface area contributed by atoms with E-state index >= 15 is 0 Å². The predicted octanol–water partition coefficient (Wildman–Crippen LogP) is 0.620. The van der Waals surface area contributed by atoms with Crippen molar-refractivity contribution in [1.29, 1.82) is 0 Å². The van der Waals surface area contributed by atoms with Gasteiger partial charge in [0.05, 0.1) is 6.54 Å². The number of nitrogens with two attached hydrogens (primary N) is 1. The molecule has 1 saturated heterocycles. The third-order valence-electron chi connectivity index (χ3n) is 3.47. The van der Waals surface area contributed by atoms with Crippen LogP contribution >= 0.6 is 12.4 Å². The molecule has 1 fully saturated rings. The molecular weight excluding hydrogens is 308 g/mol. The normalized spacial score (nSPS) is 17.0. The molecule has 7 nitrogen and oxygen atoms in total. The van der Waals surface area contributed by atoms with Crippen molar-refractivity contribution in [3.05, 3.63) is 0 Å². The number of rotatable bonds is 8. The van der Waals surface area contributed by atoms with Gasteiger partial charge in [0.1, 0.15) is 0 Å². The number of carbonyl (C=O) groups is 3. The maximum absolute atomic E-state index is 12.0. The predicted molar refractivity (Wildman–Crippen MR) is 86.7 cm³/mol. The zero-order valence-electron chi connectivity index (χ0n) is 13.5. The summed E-state index contributed by atoms with van der Waals surface area (Å²) in [5.74, 6) is 0.0902. The lowest BCUT2D eigenvalue weighted by Gasteiger charge is -2.31. The monoisotopic (exact) mass is 334 g/mol. The van der Waals surface area contributed by atoms with Crippen molar-refractivity contribution in [3.63, 3.8) is 0 Å². The second-order valence-corrected chi connectivity index (χ2v) is 6.22. The van der Waals surface area contributed by atoms with E-state index in [1.807, 2.05) is 6.92 Å². The van der Waals surface area contributed by atoms with E-state index in [0.29, 0.717) is 18.9 Å². The molecule has 1 aliphatic heterocycles. The quantitative estimate of drug-likeness (QED) is 0.566. The van der Waals surface area contributed by atoms with Crippen molar-refractivity contribution in [2.45, 2.75) is 45.6 Å². The summed E-state index contributed by atoms with van der Waals surface area (Å²) in [5.41, 5.74) is 5.34. The van der Waals surface area contributed by atoms with Crippen LogP contribution in [0.4, 0.5) is 4.79 Å². The van der Waals surface area contributed by atoms with Gasteiger partial charge in [0.2, 0.25) is 11.8 Å². The Kier molecular flexibility index (Phi) is 8.40. The largest absolute Gasteiger partial charge is 0.350 e. The fourth-order valence-corrected chi connectivity index (χ4v) is 2.56. The van der Waals surface area contributed by atoms with Crippen molar-refractivity contribution in [3.8, 4) is 0 Å². The lowest BCUT2D eigenvalue weighted by Crippen LogP contribution is -2.52. The molecule has 1 atom stereocenters. The number of urea groups is 1. The molecule has 0 saturated carbocycles. The number of carbonyl (C=O) groups excluding carboxylic acids is 3. The Morgan fingerprint density at radius 2 is 2.09 bits per heavy atom. The zero-order valence-corrected chi connectivity index (χ0v) is 14.3. The van der Waals surface area contributed by atoms with Crippen LogP contribution in [0, 0.1) is 5.92 Å². The third kappa shape index (κ3) is 6.19. The lowest BCUT2D eigenvalue weighted by molar-refractivity contribution is -0.126. The van der Waals surface area contributed by atoms with E-state index in [1.54, 1.807) is 0 Å². The van der Waals surface area contributed by atoms with E-state index in [-0.39, 0.29) is 49.8 Å². The standard InChI is InChI=1S/C14H26N4O3.ClH/c1-10(2)7-14(3,9-15)17-11(19)5-4-6-18-12(20)8-16-13(18)21;/h10H,4-9,15H2,1-3H3,(H,16,21)(H,17,19);1H. The first-order valence-electron chi connectivity index (χ1n) is 7.36. The summed E-state index contributed by atoms with van der Waals surface area (Å²) in [5, 5.41) is 5.40. The van der Waals surface area contributed by atoms with E-state index in [2.05, 4.69) is 24.5 Å². The van der Waals surface area contributed by atoms with Gasteiger partial charge in [0.25, 0.3) is 0 Å². The highest BCUT2D eigenvalue weighted by Crippen LogP contribution is 2.15. The summed E-state index contributed by atoms with van der Waals surface area (Å²) in [6.07, 6.45) is 1.53. The van der Waals surface area contributed by atoms with Gasteiger partial charge in [0.15, 0.2) is 0 Å². The number of halogens is 1. The van der Waals surface area contributed by atoms with Gasteiger partial charge >= 0.3 is 6.03 Å². The highest BCUT2D eigenvalue weighted by atomic mass is 35.5. The molecular formula is C14H27ClN4O3. The van der Waals surface area contributed by atoms with E-state index < -0.39 is 5.54 Å². The van der Waals surface area contributed by atoms with Crippen LogP contribution in [0.15, 0.2) is 0 Å². The highest BCUT2D eigenvalue weighted by molar-refractivity contribution is 6.01. The summed E-state index contributed by atoms with van der Waals surface area (Å²) in [6, 6.07) is -0.382. The summed E-state index contributed by atoms with van der Waals surface area (Å²) in [7, 11) is 0. The fourth-order valence-electron chi connectivity index (χ4n) is 2.56. The van der Waals surface area contributed by atoms with Gasteiger partial charge in [-0.25, -0.2) is 4.79 Å². The van der Waals surface area contributed by atoms with Gasteiger partial charge in [-0.1, -0.05) is 13.8 Å². The molecule has 4 amide bonds. The Bertz CT molecular complexity index is 401. The maximum Gasteiger partial charge on any atom is 0.324 e. The Hall–Kier alpha value is -1.34. The molecule has 0 radical (unpaired) electrons. The number of nitrogens with zero attached hydrogens (tertiary/aromatic N) is 1. The molecule has 128 valence electrons. The molecule has 0 bridgehead atoms. The van der Waals surface area contributed by atoms with Gasteiger partial charge in [-0.05, 0) is 25.7 Å². The molecule has 1 aliphatic rings. The Labute approximate surface area is 137 Å². The molecule has 0 aromatic rings. The van der Waals surface area contributed by atoms with Gasteiger partial charge in [-0.2, -0.15) is 0 Å². The van der Waals surface area contributed by atoms with Crippen LogP contribution in [-0.2, 0) is 9.59 Å². The second-order valence-electron chi connectivity index (χ2n) is 6.22. The van der Waals surface area contributed by atoms with Gasteiger partial charge in [0, 0.05) is 25.0 Å². The number of hydrogen-bond acceptors (Lipinski definition) is 4. The van der Waals surface area contributed by atoms with Crippen LogP contribution in [-0.4, -0.2) is 47.9 Å². The molecule has 1 rings (SSSR count). The Morgan fingerprint density at radius 1 is 1.45 bits per heavy atom. The molecule has 1 heterocycles. The molecule has 22 heavy (non-hydrogen) atoms. The minimum Gasteiger partial charge on any atom is -0.350 e. The zero-order chi connectivity index (χ0) is 16.0. The number of imide groups is 1. The second kappa shape index (κ2) is 8.95. The van der Waals surface area contributed by atoms with Crippen LogP contribution in [0.2, 0.25) is 0 Å². The summed E-state index contributed by atoms with van der Waals surface area (Å²) in [6.45, 7) is 6.79. The Balaban J connectivity index is 0.00000441. The van der Waals surface area contributed by atoms with Crippen LogP contribution < -0.4 is 16.4 Å². The number of amides is 4. The molecule has 0 aromatic heterocycles. The van der Waals surface area contributed by atoms with Crippen LogP contribution in [0.25, 0.3) is 0 Å². The maximum atomic E-state index is 12.0. The molecule has 4 N–H and O–H groups in total. The topological polar surface area (TPSA) is 105 Å². The first-order chi connectivity index (χ1) is 9.77. The van der Waals surface area contributed by atoms with E-state index in [1.165, 1.54) is 0 Å². The highest BCUT2D eigenvalue weighted by Gasteiger charge is 2.29. The molecule has 0 aliphatic carbocycles. The molecule has 0 spiro atoms. The smallest absolute Gasteiger partial charge is 0.324 e. The van der Waals surface area contributed by atoms with Gasteiger partial charge in [-0.3, -0.25) is 14.5 Å². The number of hydrogen-bond donors (Lipinski definition) is 3. The van der Waals surface area contributed by atoms with Crippen molar-refractivity contribution < 1.29 is 14.4 Å².